The predicted molar refractivity (Wildman–Crippen MR) is 143 cm³/mol. The molecule has 208 valence electrons. The molecule has 5 atom stereocenters. The van der Waals surface area contributed by atoms with Crippen molar-refractivity contribution in [3.8, 4) is 5.75 Å². The minimum absolute atomic E-state index is 0.00530. The Morgan fingerprint density at radius 3 is 2.15 bits per heavy atom. The minimum Gasteiger partial charge on any atom is -0.508 e. The highest BCUT2D eigenvalue weighted by atomic mass is 16.4. The van der Waals surface area contributed by atoms with Crippen LogP contribution in [0.15, 0.2) is 54.7 Å². The molecule has 3 rings (SSSR count). The van der Waals surface area contributed by atoms with Crippen molar-refractivity contribution in [3.63, 3.8) is 0 Å². The number of aromatic amines is 1. The van der Waals surface area contributed by atoms with Crippen LogP contribution in [0.1, 0.15) is 25.0 Å². The number of amides is 3. The van der Waals surface area contributed by atoms with Crippen LogP contribution in [0.2, 0.25) is 0 Å². The summed E-state index contributed by atoms with van der Waals surface area (Å²) >= 11 is 0. The number of benzene rings is 2. The van der Waals surface area contributed by atoms with Crippen LogP contribution in [0.5, 0.6) is 5.75 Å². The molecule has 39 heavy (non-hydrogen) atoms. The first-order valence-corrected chi connectivity index (χ1v) is 12.4. The van der Waals surface area contributed by atoms with E-state index < -0.39 is 54.0 Å². The highest BCUT2D eigenvalue weighted by Gasteiger charge is 2.30. The van der Waals surface area contributed by atoms with Crippen molar-refractivity contribution in [2.75, 3.05) is 0 Å². The topological polar surface area (TPSA) is 207 Å². The molecule has 0 radical (unpaired) electrons. The lowest BCUT2D eigenvalue weighted by Crippen LogP contribution is -2.58. The van der Waals surface area contributed by atoms with Gasteiger partial charge in [-0.3, -0.25) is 14.4 Å². The molecule has 0 spiro atoms. The third kappa shape index (κ3) is 7.79. The van der Waals surface area contributed by atoms with Gasteiger partial charge < -0.3 is 42.0 Å². The first kappa shape index (κ1) is 29.1. The SMILES string of the molecule is CC(NC(=O)C(N)C(C)O)C(=O)NC(Cc1ccc(O)cc1)C(=O)NC(Cc1c[nH]c2ccccc12)C(=O)O. The predicted octanol–water partition coefficient (Wildman–Crippen LogP) is -0.0743. The Bertz CT molecular complexity index is 1320. The van der Waals surface area contributed by atoms with Gasteiger partial charge in [0.15, 0.2) is 0 Å². The van der Waals surface area contributed by atoms with Gasteiger partial charge in [-0.1, -0.05) is 30.3 Å². The van der Waals surface area contributed by atoms with Crippen LogP contribution in [0.3, 0.4) is 0 Å². The Kier molecular flexibility index (Phi) is 9.63. The number of phenolic OH excluding ortho intramolecular Hbond substituents is 1. The number of nitrogens with one attached hydrogen (secondary N) is 4. The second-order valence-electron chi connectivity index (χ2n) is 9.39. The Morgan fingerprint density at radius 1 is 0.872 bits per heavy atom. The number of hydrogen-bond donors (Lipinski definition) is 8. The van der Waals surface area contributed by atoms with E-state index in [0.717, 1.165) is 10.9 Å². The number of nitrogens with two attached hydrogens (primary N) is 1. The number of carbonyl (C=O) groups excluding carboxylic acids is 3. The molecule has 0 aliphatic heterocycles. The average Bonchev–Trinajstić information content (AvgIpc) is 3.31. The van der Waals surface area contributed by atoms with Gasteiger partial charge in [0, 0.05) is 29.9 Å². The molecular formula is C27H33N5O7. The number of para-hydroxylation sites is 1. The summed E-state index contributed by atoms with van der Waals surface area (Å²) in [6, 6.07) is 8.46. The molecule has 0 aliphatic carbocycles. The van der Waals surface area contributed by atoms with Crippen LogP contribution < -0.4 is 21.7 Å². The van der Waals surface area contributed by atoms with Crippen LogP contribution in [-0.2, 0) is 32.0 Å². The van der Waals surface area contributed by atoms with E-state index in [0.29, 0.717) is 11.1 Å². The lowest BCUT2D eigenvalue weighted by molar-refractivity contribution is -0.142. The van der Waals surface area contributed by atoms with Crippen molar-refractivity contribution in [2.45, 2.75) is 57.0 Å². The summed E-state index contributed by atoms with van der Waals surface area (Å²) in [7, 11) is 0. The maximum absolute atomic E-state index is 13.3. The molecule has 9 N–H and O–H groups in total. The number of phenols is 1. The molecule has 0 fully saturated rings. The van der Waals surface area contributed by atoms with E-state index in [-0.39, 0.29) is 18.6 Å². The normalized spacial score (nSPS) is 15.0. The molecule has 0 bridgehead atoms. The van der Waals surface area contributed by atoms with Crippen molar-refractivity contribution in [2.24, 2.45) is 5.73 Å². The van der Waals surface area contributed by atoms with Gasteiger partial charge in [-0.2, -0.15) is 0 Å². The van der Waals surface area contributed by atoms with Gasteiger partial charge in [-0.25, -0.2) is 4.79 Å². The molecule has 0 saturated carbocycles. The van der Waals surface area contributed by atoms with Gasteiger partial charge in [0.05, 0.1) is 6.10 Å². The number of aromatic hydroxyl groups is 1. The molecule has 12 heteroatoms. The minimum atomic E-state index is -1.29. The lowest BCUT2D eigenvalue weighted by Gasteiger charge is -2.24. The number of aliphatic hydroxyl groups excluding tert-OH is 1. The molecular weight excluding hydrogens is 506 g/mol. The highest BCUT2D eigenvalue weighted by Crippen LogP contribution is 2.19. The maximum atomic E-state index is 13.3. The third-order valence-electron chi connectivity index (χ3n) is 6.30. The van der Waals surface area contributed by atoms with Gasteiger partial charge in [0.2, 0.25) is 17.7 Å². The van der Waals surface area contributed by atoms with Gasteiger partial charge in [-0.05, 0) is 43.2 Å². The number of carboxylic acid groups (broad SMARTS) is 1. The third-order valence-corrected chi connectivity index (χ3v) is 6.30. The molecule has 12 nitrogen and oxygen atoms in total. The van der Waals surface area contributed by atoms with Gasteiger partial charge in [0.25, 0.3) is 0 Å². The van der Waals surface area contributed by atoms with Gasteiger partial charge >= 0.3 is 5.97 Å². The van der Waals surface area contributed by atoms with Gasteiger partial charge in [-0.15, -0.1) is 0 Å². The molecule has 0 saturated heterocycles. The van der Waals surface area contributed by atoms with Crippen molar-refractivity contribution in [1.29, 1.82) is 0 Å². The van der Waals surface area contributed by atoms with E-state index in [1.165, 1.54) is 26.0 Å². The fourth-order valence-corrected chi connectivity index (χ4v) is 3.96. The Balaban J connectivity index is 1.77. The van der Waals surface area contributed by atoms with Crippen LogP contribution in [0.25, 0.3) is 10.9 Å². The molecule has 1 heterocycles. The van der Waals surface area contributed by atoms with Gasteiger partial charge in [0.1, 0.15) is 29.9 Å². The number of rotatable bonds is 12. The fraction of sp³-hybridized carbons (Fsp3) is 0.333. The first-order chi connectivity index (χ1) is 18.5. The maximum Gasteiger partial charge on any atom is 0.326 e. The number of fused-ring (bicyclic) bond motifs is 1. The molecule has 3 aromatic rings. The van der Waals surface area contributed by atoms with Crippen molar-refractivity contribution < 1.29 is 34.5 Å². The zero-order valence-corrected chi connectivity index (χ0v) is 21.5. The summed E-state index contributed by atoms with van der Waals surface area (Å²) in [6.45, 7) is 2.72. The Hall–Kier alpha value is -4.42. The zero-order valence-electron chi connectivity index (χ0n) is 21.5. The smallest absolute Gasteiger partial charge is 0.326 e. The number of aromatic nitrogens is 1. The summed E-state index contributed by atoms with van der Waals surface area (Å²) in [6.07, 6.45) is 0.517. The van der Waals surface area contributed by atoms with E-state index in [9.17, 15) is 34.5 Å². The molecule has 2 aromatic carbocycles. The summed E-state index contributed by atoms with van der Waals surface area (Å²) in [5.41, 5.74) is 7.72. The second-order valence-corrected chi connectivity index (χ2v) is 9.39. The van der Waals surface area contributed by atoms with Crippen LogP contribution in [0, 0.1) is 0 Å². The average molecular weight is 540 g/mol. The number of H-pyrrole nitrogens is 1. The second kappa shape index (κ2) is 12.9. The summed E-state index contributed by atoms with van der Waals surface area (Å²) in [5.74, 6) is -3.46. The van der Waals surface area contributed by atoms with E-state index in [2.05, 4.69) is 20.9 Å². The quantitative estimate of drug-likeness (QED) is 0.156. The fourth-order valence-electron chi connectivity index (χ4n) is 3.96. The number of hydrogen-bond acceptors (Lipinski definition) is 7. The first-order valence-electron chi connectivity index (χ1n) is 12.4. The molecule has 1 aromatic heterocycles. The largest absolute Gasteiger partial charge is 0.508 e. The lowest BCUT2D eigenvalue weighted by atomic mass is 10.0. The molecule has 3 amide bonds. The van der Waals surface area contributed by atoms with Crippen LogP contribution >= 0.6 is 0 Å². The molecule has 5 unspecified atom stereocenters. The number of carboxylic acids is 1. The van der Waals surface area contributed by atoms with E-state index in [1.807, 2.05) is 24.3 Å². The van der Waals surface area contributed by atoms with E-state index in [1.54, 1.807) is 18.3 Å². The zero-order chi connectivity index (χ0) is 28.7. The molecule has 0 aliphatic rings. The van der Waals surface area contributed by atoms with E-state index >= 15 is 0 Å². The monoisotopic (exact) mass is 539 g/mol. The van der Waals surface area contributed by atoms with Crippen molar-refractivity contribution in [1.82, 2.24) is 20.9 Å². The highest BCUT2D eigenvalue weighted by molar-refractivity contribution is 5.94. The Morgan fingerprint density at radius 2 is 1.51 bits per heavy atom. The number of aliphatic carboxylic acids is 1. The number of aliphatic hydroxyl groups is 1. The van der Waals surface area contributed by atoms with Crippen LogP contribution in [-0.4, -0.2) is 74.3 Å². The summed E-state index contributed by atoms with van der Waals surface area (Å²) in [5, 5.41) is 37.2. The van der Waals surface area contributed by atoms with Crippen molar-refractivity contribution >= 4 is 34.6 Å². The van der Waals surface area contributed by atoms with E-state index in [4.69, 9.17) is 5.73 Å². The number of carbonyl (C=O) groups is 4. The summed E-state index contributed by atoms with van der Waals surface area (Å²) < 4.78 is 0. The Labute approximate surface area is 224 Å². The van der Waals surface area contributed by atoms with Crippen molar-refractivity contribution in [3.05, 3.63) is 65.9 Å². The standard InChI is InChI=1S/C27H33N5O7/c1-14(30-26(37)23(28)15(2)33)24(35)31-21(11-16-7-9-18(34)10-8-16)25(36)32-22(27(38)39)12-17-13-29-20-6-4-3-5-19(17)20/h3-10,13-15,21-23,29,33-34H,11-12,28H2,1-2H3,(H,30,37)(H,31,35)(H,32,36)(H,38,39). The van der Waals surface area contributed by atoms with Crippen LogP contribution in [0.4, 0.5) is 0 Å². The summed E-state index contributed by atoms with van der Waals surface area (Å²) in [4.78, 5) is 53.5.